The largest absolute Gasteiger partial charge is 0.465 e. The molecule has 0 atom stereocenters. The van der Waals surface area contributed by atoms with Gasteiger partial charge >= 0.3 is 12.6 Å². The van der Waals surface area contributed by atoms with Gasteiger partial charge in [-0.2, -0.15) is 8.78 Å². The molecule has 16 heavy (non-hydrogen) atoms. The van der Waals surface area contributed by atoms with E-state index in [1.807, 2.05) is 0 Å². The monoisotopic (exact) mass is 358 g/mol. The van der Waals surface area contributed by atoms with Gasteiger partial charge in [0.25, 0.3) is 0 Å². The Kier molecular flexibility index (Phi) is 4.67. The molecule has 0 saturated heterocycles. The van der Waals surface area contributed by atoms with Gasteiger partial charge in [-0.3, -0.25) is 0 Å². The lowest BCUT2D eigenvalue weighted by Gasteiger charge is -2.11. The summed E-state index contributed by atoms with van der Waals surface area (Å²) in [6, 6.07) is 2.74. The first-order chi connectivity index (χ1) is 7.47. The molecule has 0 aliphatic carbocycles. The van der Waals surface area contributed by atoms with E-state index in [9.17, 15) is 13.6 Å². The van der Waals surface area contributed by atoms with Crippen LogP contribution in [0, 0.1) is 0 Å². The minimum Gasteiger partial charge on any atom is -0.465 e. The van der Waals surface area contributed by atoms with Gasteiger partial charge in [0.05, 0.1) is 17.1 Å². The van der Waals surface area contributed by atoms with E-state index in [0.29, 0.717) is 4.47 Å². The third-order valence-electron chi connectivity index (χ3n) is 1.66. The molecule has 0 saturated carbocycles. The van der Waals surface area contributed by atoms with Crippen molar-refractivity contribution in [3.05, 3.63) is 26.6 Å². The highest BCUT2D eigenvalue weighted by atomic mass is 79.9. The smallest absolute Gasteiger partial charge is 0.387 e. The van der Waals surface area contributed by atoms with Crippen LogP contribution < -0.4 is 4.74 Å². The molecule has 0 radical (unpaired) electrons. The molecule has 0 fully saturated rings. The highest BCUT2D eigenvalue weighted by molar-refractivity contribution is 9.11. The van der Waals surface area contributed by atoms with E-state index in [1.165, 1.54) is 19.2 Å². The average Bonchev–Trinajstić information content (AvgIpc) is 2.21. The Morgan fingerprint density at radius 2 is 2.00 bits per heavy atom. The van der Waals surface area contributed by atoms with Gasteiger partial charge in [-0.05, 0) is 44.0 Å². The number of methoxy groups -OCH3 is 1. The fraction of sp³-hybridized carbons (Fsp3) is 0.222. The predicted molar refractivity (Wildman–Crippen MR) is 59.8 cm³/mol. The maximum Gasteiger partial charge on any atom is 0.387 e. The number of halogens is 4. The Morgan fingerprint density at radius 1 is 1.38 bits per heavy atom. The topological polar surface area (TPSA) is 35.5 Å². The summed E-state index contributed by atoms with van der Waals surface area (Å²) in [5, 5.41) is 0. The molecule has 3 nitrogen and oxygen atoms in total. The summed E-state index contributed by atoms with van der Waals surface area (Å²) in [5.41, 5.74) is 0.0978. The zero-order valence-corrected chi connectivity index (χ0v) is 11.1. The SMILES string of the molecule is COC(=O)c1c(Br)ccc(OC(F)F)c1Br. The second-order valence-corrected chi connectivity index (χ2v) is 4.25. The van der Waals surface area contributed by atoms with E-state index in [1.54, 1.807) is 0 Å². The first-order valence-corrected chi connectivity index (χ1v) is 5.57. The number of esters is 1. The molecule has 0 bridgehead atoms. The van der Waals surface area contributed by atoms with E-state index in [4.69, 9.17) is 0 Å². The van der Waals surface area contributed by atoms with Crippen molar-refractivity contribution in [1.82, 2.24) is 0 Å². The molecule has 1 rings (SSSR count). The van der Waals surface area contributed by atoms with Gasteiger partial charge in [-0.15, -0.1) is 0 Å². The van der Waals surface area contributed by atoms with Crippen molar-refractivity contribution in [3.8, 4) is 5.75 Å². The minimum atomic E-state index is -2.96. The lowest BCUT2D eigenvalue weighted by atomic mass is 10.2. The van der Waals surface area contributed by atoms with Crippen molar-refractivity contribution in [3.63, 3.8) is 0 Å². The molecule has 0 aliphatic heterocycles. The van der Waals surface area contributed by atoms with Gasteiger partial charge in [0, 0.05) is 4.47 Å². The second-order valence-electron chi connectivity index (χ2n) is 2.60. The zero-order chi connectivity index (χ0) is 12.3. The van der Waals surface area contributed by atoms with Gasteiger partial charge in [0.1, 0.15) is 5.75 Å². The van der Waals surface area contributed by atoms with E-state index >= 15 is 0 Å². The molecule has 0 amide bonds. The predicted octanol–water partition coefficient (Wildman–Crippen LogP) is 3.60. The lowest BCUT2D eigenvalue weighted by molar-refractivity contribution is -0.0504. The zero-order valence-electron chi connectivity index (χ0n) is 7.97. The summed E-state index contributed by atoms with van der Waals surface area (Å²) >= 11 is 6.13. The first-order valence-electron chi connectivity index (χ1n) is 3.98. The van der Waals surface area contributed by atoms with Crippen LogP contribution in [0.4, 0.5) is 8.78 Å². The summed E-state index contributed by atoms with van der Waals surface area (Å²) in [6.07, 6.45) is 0. The molecule has 0 spiro atoms. The van der Waals surface area contributed by atoms with Gasteiger partial charge in [0.2, 0.25) is 0 Å². The number of hydrogen-bond donors (Lipinski definition) is 0. The van der Waals surface area contributed by atoms with E-state index < -0.39 is 12.6 Å². The van der Waals surface area contributed by atoms with Gasteiger partial charge in [-0.1, -0.05) is 0 Å². The Bertz CT molecular complexity index is 410. The number of hydrogen-bond acceptors (Lipinski definition) is 3. The Hall–Kier alpha value is -0.690. The number of alkyl halides is 2. The molecule has 88 valence electrons. The van der Waals surface area contributed by atoms with Crippen LogP contribution in [-0.4, -0.2) is 19.7 Å². The van der Waals surface area contributed by atoms with E-state index in [2.05, 4.69) is 41.3 Å². The second kappa shape index (κ2) is 5.58. The van der Waals surface area contributed by atoms with Gasteiger partial charge in [-0.25, -0.2) is 4.79 Å². The standard InChI is InChI=1S/C9H6Br2F2O3/c1-15-8(14)6-4(10)2-3-5(7(6)11)16-9(12)13/h2-3,9H,1H3. The van der Waals surface area contributed by atoms with Crippen LogP contribution in [-0.2, 0) is 4.74 Å². The first kappa shape index (κ1) is 13.4. The molecule has 0 aliphatic rings. The van der Waals surface area contributed by atoms with E-state index in [-0.39, 0.29) is 15.8 Å². The normalized spacial score (nSPS) is 10.4. The van der Waals surface area contributed by atoms with Crippen LogP contribution >= 0.6 is 31.9 Å². The third-order valence-corrected chi connectivity index (χ3v) is 3.11. The van der Waals surface area contributed by atoms with Crippen LogP contribution in [0.1, 0.15) is 10.4 Å². The highest BCUT2D eigenvalue weighted by Gasteiger charge is 2.20. The maximum absolute atomic E-state index is 12.0. The summed E-state index contributed by atoms with van der Waals surface area (Å²) in [6.45, 7) is -2.96. The quantitative estimate of drug-likeness (QED) is 0.773. The van der Waals surface area contributed by atoms with Crippen molar-refractivity contribution in [1.29, 1.82) is 0 Å². The van der Waals surface area contributed by atoms with Crippen molar-refractivity contribution in [2.24, 2.45) is 0 Å². The number of rotatable bonds is 3. The van der Waals surface area contributed by atoms with Crippen LogP contribution in [0.2, 0.25) is 0 Å². The van der Waals surface area contributed by atoms with Crippen molar-refractivity contribution in [2.45, 2.75) is 6.61 Å². The van der Waals surface area contributed by atoms with Crippen LogP contribution in [0.25, 0.3) is 0 Å². The molecule has 7 heteroatoms. The summed E-state index contributed by atoms with van der Waals surface area (Å²) < 4.78 is 33.4. The Labute approximate surface area is 107 Å². The fourth-order valence-corrected chi connectivity index (χ4v) is 2.37. The molecule has 1 aromatic carbocycles. The molecule has 0 unspecified atom stereocenters. The Morgan fingerprint density at radius 3 is 2.50 bits per heavy atom. The summed E-state index contributed by atoms with van der Waals surface area (Å²) in [7, 11) is 1.20. The van der Waals surface area contributed by atoms with Crippen LogP contribution in [0.15, 0.2) is 21.1 Å². The average molecular weight is 360 g/mol. The molecule has 0 N–H and O–H groups in total. The number of carbonyl (C=O) groups excluding carboxylic acids is 1. The third kappa shape index (κ3) is 2.91. The molecular formula is C9H6Br2F2O3. The molecular weight excluding hydrogens is 354 g/mol. The fourth-order valence-electron chi connectivity index (χ4n) is 1.01. The van der Waals surface area contributed by atoms with Crippen LogP contribution in [0.3, 0.4) is 0 Å². The molecule has 0 aromatic heterocycles. The number of ether oxygens (including phenoxy) is 2. The molecule has 0 heterocycles. The summed E-state index contributed by atoms with van der Waals surface area (Å²) in [5.74, 6) is -0.780. The lowest BCUT2D eigenvalue weighted by Crippen LogP contribution is -2.07. The van der Waals surface area contributed by atoms with Gasteiger partial charge in [0.15, 0.2) is 0 Å². The van der Waals surface area contributed by atoms with Crippen LogP contribution in [0.5, 0.6) is 5.75 Å². The summed E-state index contributed by atoms with van der Waals surface area (Å²) in [4.78, 5) is 11.4. The maximum atomic E-state index is 12.0. The van der Waals surface area contributed by atoms with Crippen molar-refractivity contribution in [2.75, 3.05) is 7.11 Å². The molecule has 1 aromatic rings. The number of benzene rings is 1. The van der Waals surface area contributed by atoms with Crippen molar-refractivity contribution >= 4 is 37.8 Å². The minimum absolute atomic E-state index is 0.0978. The highest BCUT2D eigenvalue weighted by Crippen LogP contribution is 2.35. The van der Waals surface area contributed by atoms with Gasteiger partial charge < -0.3 is 9.47 Å². The Balaban J connectivity index is 3.21. The number of carbonyl (C=O) groups is 1. The van der Waals surface area contributed by atoms with E-state index in [0.717, 1.165) is 0 Å². The van der Waals surface area contributed by atoms with Crippen molar-refractivity contribution < 1.29 is 23.0 Å².